The molecular weight excluding hydrogens is 349 g/mol. The molecule has 132 valence electrons. The van der Waals surface area contributed by atoms with Crippen molar-refractivity contribution in [2.24, 2.45) is 11.8 Å². The Morgan fingerprint density at radius 3 is 2.54 bits per heavy atom. The highest BCUT2D eigenvalue weighted by Crippen LogP contribution is 2.37. The summed E-state index contributed by atoms with van der Waals surface area (Å²) in [7, 11) is 0. The number of hydrogen-bond acceptors (Lipinski definition) is 2. The third-order valence-corrected chi connectivity index (χ3v) is 4.27. The standard InChI is InChI=1S/C15H16ClF3N2O3/c1-8(9-3-2-4-10(16)5-9)20-14(24)21-6-11(13(22)23)12(7-21)15(17,18)19/h2-5,8,11-12H,6-7H2,1H3,(H,20,24)(H,22,23)/t8?,11-,12-/m1/s1. The van der Waals surface area contributed by atoms with E-state index in [1.807, 2.05) is 0 Å². The van der Waals surface area contributed by atoms with E-state index in [1.165, 1.54) is 0 Å². The average molecular weight is 365 g/mol. The molecule has 0 aliphatic carbocycles. The van der Waals surface area contributed by atoms with Gasteiger partial charge < -0.3 is 15.3 Å². The number of carbonyl (C=O) groups is 2. The summed E-state index contributed by atoms with van der Waals surface area (Å²) in [5.41, 5.74) is 0.692. The zero-order valence-corrected chi connectivity index (χ0v) is 13.4. The lowest BCUT2D eigenvalue weighted by Crippen LogP contribution is -2.40. The number of amides is 2. The molecular formula is C15H16ClF3N2O3. The number of rotatable bonds is 3. The topological polar surface area (TPSA) is 69.6 Å². The fraction of sp³-hybridized carbons (Fsp3) is 0.467. The molecule has 0 spiro atoms. The molecule has 1 heterocycles. The van der Waals surface area contributed by atoms with Crippen LogP contribution in [0, 0.1) is 11.8 Å². The van der Waals surface area contributed by atoms with E-state index in [0.717, 1.165) is 4.90 Å². The third-order valence-electron chi connectivity index (χ3n) is 4.03. The number of carboxylic acids is 1. The van der Waals surface area contributed by atoms with E-state index >= 15 is 0 Å². The Morgan fingerprint density at radius 1 is 1.38 bits per heavy atom. The van der Waals surface area contributed by atoms with Crippen LogP contribution in [0.1, 0.15) is 18.5 Å². The van der Waals surface area contributed by atoms with Gasteiger partial charge in [0.05, 0.1) is 17.9 Å². The molecule has 0 bridgehead atoms. The number of urea groups is 1. The van der Waals surface area contributed by atoms with Gasteiger partial charge in [0.2, 0.25) is 0 Å². The summed E-state index contributed by atoms with van der Waals surface area (Å²) >= 11 is 5.86. The van der Waals surface area contributed by atoms with Gasteiger partial charge >= 0.3 is 18.2 Å². The second kappa shape index (κ2) is 6.88. The van der Waals surface area contributed by atoms with Gasteiger partial charge in [0.1, 0.15) is 0 Å². The lowest BCUT2D eigenvalue weighted by Gasteiger charge is -2.21. The maximum Gasteiger partial charge on any atom is 0.394 e. The van der Waals surface area contributed by atoms with Crippen molar-refractivity contribution < 1.29 is 27.9 Å². The van der Waals surface area contributed by atoms with Crippen molar-refractivity contribution >= 4 is 23.6 Å². The minimum Gasteiger partial charge on any atom is -0.481 e. The van der Waals surface area contributed by atoms with E-state index in [4.69, 9.17) is 16.7 Å². The highest BCUT2D eigenvalue weighted by atomic mass is 35.5. The van der Waals surface area contributed by atoms with E-state index in [-0.39, 0.29) is 0 Å². The van der Waals surface area contributed by atoms with Crippen molar-refractivity contribution in [3.63, 3.8) is 0 Å². The molecule has 3 atom stereocenters. The summed E-state index contributed by atoms with van der Waals surface area (Å²) in [5, 5.41) is 12.0. The predicted molar refractivity (Wildman–Crippen MR) is 80.6 cm³/mol. The lowest BCUT2D eigenvalue weighted by atomic mass is 9.96. The van der Waals surface area contributed by atoms with Crippen LogP contribution in [-0.4, -0.2) is 41.3 Å². The molecule has 1 aromatic rings. The fourth-order valence-electron chi connectivity index (χ4n) is 2.69. The number of carboxylic acid groups (broad SMARTS) is 1. The van der Waals surface area contributed by atoms with Crippen LogP contribution in [0.25, 0.3) is 0 Å². The summed E-state index contributed by atoms with van der Waals surface area (Å²) in [6.07, 6.45) is -4.67. The van der Waals surface area contributed by atoms with Crippen LogP contribution in [-0.2, 0) is 4.79 Å². The highest BCUT2D eigenvalue weighted by molar-refractivity contribution is 6.30. The zero-order chi connectivity index (χ0) is 18.1. The third kappa shape index (κ3) is 4.11. The lowest BCUT2D eigenvalue weighted by molar-refractivity contribution is -0.187. The van der Waals surface area contributed by atoms with E-state index in [0.29, 0.717) is 10.6 Å². The maximum atomic E-state index is 12.9. The molecule has 5 nitrogen and oxygen atoms in total. The van der Waals surface area contributed by atoms with Crippen LogP contribution in [0.5, 0.6) is 0 Å². The SMILES string of the molecule is CC(NC(=O)N1C[C@@H](C(F)(F)F)[C@H](C(=O)O)C1)c1cccc(Cl)c1. The van der Waals surface area contributed by atoms with Gasteiger partial charge in [-0.15, -0.1) is 0 Å². The predicted octanol–water partition coefficient (Wildman–Crippen LogP) is 3.31. The molecule has 9 heteroatoms. The first kappa shape index (κ1) is 18.4. The van der Waals surface area contributed by atoms with Crippen molar-refractivity contribution in [3.8, 4) is 0 Å². The molecule has 2 N–H and O–H groups in total. The number of nitrogens with one attached hydrogen (secondary N) is 1. The van der Waals surface area contributed by atoms with Crippen molar-refractivity contribution in [2.45, 2.75) is 19.1 Å². The zero-order valence-electron chi connectivity index (χ0n) is 12.7. The number of nitrogens with zero attached hydrogens (tertiary/aromatic N) is 1. The van der Waals surface area contributed by atoms with Crippen molar-refractivity contribution in [1.82, 2.24) is 10.2 Å². The molecule has 0 radical (unpaired) electrons. The molecule has 1 saturated heterocycles. The first-order valence-corrected chi connectivity index (χ1v) is 7.58. The second-order valence-corrected chi connectivity index (χ2v) is 6.16. The molecule has 24 heavy (non-hydrogen) atoms. The molecule has 0 aromatic heterocycles. The minimum absolute atomic E-state index is 0.470. The first-order chi connectivity index (χ1) is 11.1. The van der Waals surface area contributed by atoms with Gasteiger partial charge in [-0.05, 0) is 24.6 Å². The summed E-state index contributed by atoms with van der Waals surface area (Å²) in [6.45, 7) is 0.512. The van der Waals surface area contributed by atoms with Gasteiger partial charge in [-0.25, -0.2) is 4.79 Å². The Kier molecular flexibility index (Phi) is 5.27. The fourth-order valence-corrected chi connectivity index (χ4v) is 2.89. The van der Waals surface area contributed by atoms with E-state index < -0.39 is 49.1 Å². The van der Waals surface area contributed by atoms with Gasteiger partial charge in [0.25, 0.3) is 0 Å². The quantitative estimate of drug-likeness (QED) is 0.864. The Morgan fingerprint density at radius 2 is 2.04 bits per heavy atom. The van der Waals surface area contributed by atoms with Crippen molar-refractivity contribution in [1.29, 1.82) is 0 Å². The first-order valence-electron chi connectivity index (χ1n) is 7.20. The van der Waals surface area contributed by atoms with Crippen molar-refractivity contribution in [2.75, 3.05) is 13.1 Å². The van der Waals surface area contributed by atoms with Crippen LogP contribution < -0.4 is 5.32 Å². The Balaban J connectivity index is 2.06. The molecule has 2 amide bonds. The van der Waals surface area contributed by atoms with Crippen LogP contribution in [0.3, 0.4) is 0 Å². The smallest absolute Gasteiger partial charge is 0.394 e. The average Bonchev–Trinajstić information content (AvgIpc) is 2.92. The number of hydrogen-bond donors (Lipinski definition) is 2. The minimum atomic E-state index is -4.67. The molecule has 1 aliphatic rings. The number of likely N-dealkylation sites (tertiary alicyclic amines) is 1. The molecule has 2 rings (SSSR count). The van der Waals surface area contributed by atoms with E-state index in [2.05, 4.69) is 5.32 Å². The monoisotopic (exact) mass is 364 g/mol. The molecule has 1 fully saturated rings. The highest BCUT2D eigenvalue weighted by Gasteiger charge is 2.53. The maximum absolute atomic E-state index is 12.9. The van der Waals surface area contributed by atoms with Crippen molar-refractivity contribution in [3.05, 3.63) is 34.9 Å². The largest absolute Gasteiger partial charge is 0.481 e. The Hall–Kier alpha value is -1.96. The summed E-state index contributed by atoms with van der Waals surface area (Å²) in [6, 6.07) is 5.49. The Labute approximate surface area is 141 Å². The molecule has 1 aliphatic heterocycles. The van der Waals surface area contributed by atoms with Gasteiger partial charge in [-0.2, -0.15) is 13.2 Å². The number of aliphatic carboxylic acids is 1. The second-order valence-electron chi connectivity index (χ2n) is 5.72. The molecule has 1 unspecified atom stereocenters. The molecule has 1 aromatic carbocycles. The van der Waals surface area contributed by atoms with Crippen LogP contribution in [0.4, 0.5) is 18.0 Å². The van der Waals surface area contributed by atoms with Gasteiger partial charge in [0.15, 0.2) is 0 Å². The number of benzene rings is 1. The normalized spacial score (nSPS) is 22.3. The number of carbonyl (C=O) groups excluding carboxylic acids is 1. The van der Waals surface area contributed by atoms with Gasteiger partial charge in [-0.3, -0.25) is 4.79 Å². The van der Waals surface area contributed by atoms with Crippen LogP contribution in [0.2, 0.25) is 5.02 Å². The summed E-state index contributed by atoms with van der Waals surface area (Å²) in [4.78, 5) is 24.1. The van der Waals surface area contributed by atoms with Crippen LogP contribution >= 0.6 is 11.6 Å². The van der Waals surface area contributed by atoms with Gasteiger partial charge in [0, 0.05) is 18.1 Å². The Bertz CT molecular complexity index is 639. The molecule has 0 saturated carbocycles. The number of alkyl halides is 3. The number of halogens is 4. The van der Waals surface area contributed by atoms with Crippen LogP contribution in [0.15, 0.2) is 24.3 Å². The van der Waals surface area contributed by atoms with E-state index in [9.17, 15) is 22.8 Å². The summed E-state index contributed by atoms with van der Waals surface area (Å²) < 4.78 is 38.8. The summed E-state index contributed by atoms with van der Waals surface area (Å²) in [5.74, 6) is -5.28. The van der Waals surface area contributed by atoms with Gasteiger partial charge in [-0.1, -0.05) is 23.7 Å². The van der Waals surface area contributed by atoms with E-state index in [1.54, 1.807) is 31.2 Å².